The number of imidazole rings is 1. The number of nitrogens with one attached hydrogen (secondary N) is 1. The molecule has 1 aromatic carbocycles. The lowest BCUT2D eigenvalue weighted by atomic mass is 10.3. The summed E-state index contributed by atoms with van der Waals surface area (Å²) in [6, 6.07) is 12.3. The molecule has 0 spiro atoms. The third kappa shape index (κ3) is 3.13. The number of anilines is 2. The molecular formula is C16H19N5. The summed E-state index contributed by atoms with van der Waals surface area (Å²) in [5.74, 6) is 0.860. The summed E-state index contributed by atoms with van der Waals surface area (Å²) in [6.07, 6.45) is 5.85. The molecule has 2 aromatic heterocycles. The van der Waals surface area contributed by atoms with Crippen LogP contribution in [0.1, 0.15) is 18.7 Å². The van der Waals surface area contributed by atoms with E-state index in [4.69, 9.17) is 0 Å². The molecule has 0 saturated carbocycles. The monoisotopic (exact) mass is 281 g/mol. The summed E-state index contributed by atoms with van der Waals surface area (Å²) in [5, 5.41) is 7.64. The number of benzene rings is 1. The Morgan fingerprint density at radius 2 is 2.00 bits per heavy atom. The van der Waals surface area contributed by atoms with Crippen molar-refractivity contribution < 1.29 is 0 Å². The van der Waals surface area contributed by atoms with Crippen LogP contribution in [-0.4, -0.2) is 19.3 Å². The molecule has 0 aliphatic rings. The number of para-hydroxylation sites is 1. The van der Waals surface area contributed by atoms with Crippen molar-refractivity contribution in [1.82, 2.24) is 19.3 Å². The summed E-state index contributed by atoms with van der Waals surface area (Å²) in [7, 11) is 0. The maximum Gasteiger partial charge on any atom is 0.207 e. The van der Waals surface area contributed by atoms with Crippen LogP contribution in [0.25, 0.3) is 0 Å². The molecule has 108 valence electrons. The SMILES string of the molecule is Cc1cn(C(C)Cn2cccn2)c(Nc2ccccc2)n1. The van der Waals surface area contributed by atoms with Gasteiger partial charge in [0.15, 0.2) is 0 Å². The average Bonchev–Trinajstić information content (AvgIpc) is 3.10. The fourth-order valence-corrected chi connectivity index (χ4v) is 2.36. The fraction of sp³-hybridized carbons (Fsp3) is 0.250. The van der Waals surface area contributed by atoms with Gasteiger partial charge < -0.3 is 9.88 Å². The average molecular weight is 281 g/mol. The third-order valence-electron chi connectivity index (χ3n) is 3.37. The molecule has 2 heterocycles. The number of rotatable bonds is 5. The molecule has 1 N–H and O–H groups in total. The lowest BCUT2D eigenvalue weighted by Gasteiger charge is -2.17. The van der Waals surface area contributed by atoms with Crippen LogP contribution in [0.4, 0.5) is 11.6 Å². The summed E-state index contributed by atoms with van der Waals surface area (Å²) in [4.78, 5) is 4.58. The molecule has 21 heavy (non-hydrogen) atoms. The first-order valence-electron chi connectivity index (χ1n) is 7.07. The van der Waals surface area contributed by atoms with Crippen LogP contribution in [0.5, 0.6) is 0 Å². The molecule has 0 fully saturated rings. The van der Waals surface area contributed by atoms with Crippen molar-refractivity contribution in [2.24, 2.45) is 0 Å². The van der Waals surface area contributed by atoms with Crippen molar-refractivity contribution in [3.8, 4) is 0 Å². The normalized spacial score (nSPS) is 12.3. The van der Waals surface area contributed by atoms with Crippen LogP contribution in [0.3, 0.4) is 0 Å². The molecular weight excluding hydrogens is 262 g/mol. The molecule has 0 bridgehead atoms. The van der Waals surface area contributed by atoms with Gasteiger partial charge in [0.2, 0.25) is 5.95 Å². The predicted octanol–water partition coefficient (Wildman–Crippen LogP) is 3.39. The highest BCUT2D eigenvalue weighted by Crippen LogP contribution is 2.21. The summed E-state index contributed by atoms with van der Waals surface area (Å²) < 4.78 is 4.09. The van der Waals surface area contributed by atoms with Crippen LogP contribution in [0.2, 0.25) is 0 Å². The van der Waals surface area contributed by atoms with Gasteiger partial charge in [-0.05, 0) is 32.0 Å². The Morgan fingerprint density at radius 3 is 2.71 bits per heavy atom. The summed E-state index contributed by atoms with van der Waals surface area (Å²) in [6.45, 7) is 4.98. The van der Waals surface area contributed by atoms with Gasteiger partial charge in [-0.2, -0.15) is 5.10 Å². The van der Waals surface area contributed by atoms with Crippen LogP contribution in [0, 0.1) is 6.92 Å². The van der Waals surface area contributed by atoms with E-state index < -0.39 is 0 Å². The Bertz CT molecular complexity index is 685. The first-order chi connectivity index (χ1) is 10.2. The number of hydrogen-bond acceptors (Lipinski definition) is 3. The van der Waals surface area contributed by atoms with Crippen molar-refractivity contribution in [3.05, 3.63) is 60.7 Å². The minimum atomic E-state index is 0.261. The highest BCUT2D eigenvalue weighted by Gasteiger charge is 2.12. The Morgan fingerprint density at radius 1 is 1.19 bits per heavy atom. The molecule has 0 radical (unpaired) electrons. The van der Waals surface area contributed by atoms with Gasteiger partial charge in [-0.3, -0.25) is 4.68 Å². The highest BCUT2D eigenvalue weighted by molar-refractivity contribution is 5.53. The van der Waals surface area contributed by atoms with Gasteiger partial charge in [0.25, 0.3) is 0 Å². The maximum absolute atomic E-state index is 4.58. The van der Waals surface area contributed by atoms with E-state index in [1.807, 2.05) is 54.2 Å². The first-order valence-corrected chi connectivity index (χ1v) is 7.07. The largest absolute Gasteiger partial charge is 0.326 e. The maximum atomic E-state index is 4.58. The standard InChI is InChI=1S/C16H19N5/c1-13-11-21(14(2)12-20-10-6-9-17-20)16(18-13)19-15-7-4-3-5-8-15/h3-11,14H,12H2,1-2H3,(H,18,19). The minimum Gasteiger partial charge on any atom is -0.326 e. The van der Waals surface area contributed by atoms with Crippen LogP contribution in [0.15, 0.2) is 55.0 Å². The molecule has 3 aromatic rings. The lowest BCUT2D eigenvalue weighted by Crippen LogP contribution is -2.14. The van der Waals surface area contributed by atoms with Gasteiger partial charge in [-0.1, -0.05) is 18.2 Å². The number of nitrogens with zero attached hydrogens (tertiary/aromatic N) is 4. The molecule has 3 rings (SSSR count). The van der Waals surface area contributed by atoms with Crippen LogP contribution < -0.4 is 5.32 Å². The zero-order valence-corrected chi connectivity index (χ0v) is 12.3. The van der Waals surface area contributed by atoms with Crippen molar-refractivity contribution in [2.75, 3.05) is 5.32 Å². The second-order valence-electron chi connectivity index (χ2n) is 5.18. The van der Waals surface area contributed by atoms with Crippen molar-refractivity contribution in [1.29, 1.82) is 0 Å². The van der Waals surface area contributed by atoms with E-state index in [0.717, 1.165) is 23.9 Å². The second kappa shape index (κ2) is 5.83. The predicted molar refractivity (Wildman–Crippen MR) is 83.6 cm³/mol. The molecule has 0 aliphatic carbocycles. The molecule has 0 amide bonds. The smallest absolute Gasteiger partial charge is 0.207 e. The highest BCUT2D eigenvalue weighted by atomic mass is 15.3. The Kier molecular flexibility index (Phi) is 3.73. The quantitative estimate of drug-likeness (QED) is 0.779. The van der Waals surface area contributed by atoms with E-state index >= 15 is 0 Å². The van der Waals surface area contributed by atoms with E-state index in [-0.39, 0.29) is 6.04 Å². The zero-order valence-electron chi connectivity index (χ0n) is 12.3. The zero-order chi connectivity index (χ0) is 14.7. The fourth-order valence-electron chi connectivity index (χ4n) is 2.36. The lowest BCUT2D eigenvalue weighted by molar-refractivity contribution is 0.441. The van der Waals surface area contributed by atoms with E-state index in [0.29, 0.717) is 0 Å². The van der Waals surface area contributed by atoms with E-state index in [1.165, 1.54) is 0 Å². The molecule has 1 unspecified atom stereocenters. The van der Waals surface area contributed by atoms with Gasteiger partial charge in [0.1, 0.15) is 0 Å². The Balaban J connectivity index is 1.82. The van der Waals surface area contributed by atoms with Crippen molar-refractivity contribution in [2.45, 2.75) is 26.4 Å². The number of aromatic nitrogens is 4. The molecule has 5 heteroatoms. The third-order valence-corrected chi connectivity index (χ3v) is 3.37. The molecule has 1 atom stereocenters. The van der Waals surface area contributed by atoms with E-state index in [2.05, 4.69) is 33.1 Å². The van der Waals surface area contributed by atoms with E-state index in [1.54, 1.807) is 6.20 Å². The summed E-state index contributed by atoms with van der Waals surface area (Å²) in [5.41, 5.74) is 2.04. The minimum absolute atomic E-state index is 0.261. The van der Waals surface area contributed by atoms with Crippen molar-refractivity contribution in [3.63, 3.8) is 0 Å². The van der Waals surface area contributed by atoms with Gasteiger partial charge in [-0.25, -0.2) is 4.98 Å². The van der Waals surface area contributed by atoms with E-state index in [9.17, 15) is 0 Å². The van der Waals surface area contributed by atoms with Gasteiger partial charge in [0, 0.05) is 24.3 Å². The van der Waals surface area contributed by atoms with Gasteiger partial charge >= 0.3 is 0 Å². The number of hydrogen-bond donors (Lipinski definition) is 1. The van der Waals surface area contributed by atoms with Crippen LogP contribution in [-0.2, 0) is 6.54 Å². The number of aryl methyl sites for hydroxylation is 1. The molecule has 0 saturated heterocycles. The molecule has 0 aliphatic heterocycles. The van der Waals surface area contributed by atoms with Crippen LogP contribution >= 0.6 is 0 Å². The Labute approximate surface area is 124 Å². The van der Waals surface area contributed by atoms with Gasteiger partial charge in [0.05, 0.1) is 18.3 Å². The Hall–Kier alpha value is -2.56. The summed E-state index contributed by atoms with van der Waals surface area (Å²) >= 11 is 0. The van der Waals surface area contributed by atoms with Crippen molar-refractivity contribution >= 4 is 11.6 Å². The first kappa shape index (κ1) is 13.4. The molecule has 5 nitrogen and oxygen atoms in total. The van der Waals surface area contributed by atoms with Gasteiger partial charge in [-0.15, -0.1) is 0 Å². The second-order valence-corrected chi connectivity index (χ2v) is 5.18. The topological polar surface area (TPSA) is 47.7 Å².